The number of nitrogens with zero attached hydrogens (tertiary/aromatic N) is 2. The van der Waals surface area contributed by atoms with Gasteiger partial charge in [0.2, 0.25) is 5.91 Å². The van der Waals surface area contributed by atoms with Crippen LogP contribution in [0.1, 0.15) is 22.8 Å². The molecular weight excluding hydrogens is 420 g/mol. The van der Waals surface area contributed by atoms with Crippen LogP contribution in [0.15, 0.2) is 52.1 Å². The van der Waals surface area contributed by atoms with Crippen LogP contribution in [0.5, 0.6) is 0 Å². The number of H-pyrrole nitrogens is 1. The molecule has 4 rings (SSSR count). The Balaban J connectivity index is 1.51. The first-order chi connectivity index (χ1) is 14.9. The molecule has 158 valence electrons. The number of hydrogen-bond acceptors (Lipinski definition) is 6. The molecule has 1 saturated heterocycles. The maximum atomic E-state index is 12.6. The Bertz CT molecular complexity index is 1310. The molecule has 0 aliphatic carbocycles. The molecule has 0 spiro atoms. The van der Waals surface area contributed by atoms with Crippen molar-refractivity contribution in [2.45, 2.75) is 20.0 Å². The Morgan fingerprint density at radius 2 is 1.84 bits per heavy atom. The van der Waals surface area contributed by atoms with Gasteiger partial charge in [0, 0.05) is 17.8 Å². The normalized spacial score (nSPS) is 13.8. The van der Waals surface area contributed by atoms with Gasteiger partial charge in [-0.2, -0.15) is 0 Å². The number of fused-ring (bicyclic) bond motifs is 1. The van der Waals surface area contributed by atoms with E-state index in [2.05, 4.69) is 10.3 Å². The molecule has 2 heterocycles. The second kappa shape index (κ2) is 8.23. The molecule has 3 amide bonds. The highest BCUT2D eigenvalue weighted by Gasteiger charge is 2.29. The number of nitrogens with one attached hydrogen (secondary N) is 2. The molecule has 1 aliphatic rings. The lowest BCUT2D eigenvalue weighted by molar-refractivity contribution is -0.125. The van der Waals surface area contributed by atoms with Gasteiger partial charge in [-0.1, -0.05) is 23.9 Å². The summed E-state index contributed by atoms with van der Waals surface area (Å²) in [5, 5.41) is 2.81. The molecule has 9 nitrogen and oxygen atoms in total. The predicted octanol–water partition coefficient (Wildman–Crippen LogP) is 2.16. The minimum atomic E-state index is -0.526. The first-order valence-electron chi connectivity index (χ1n) is 9.51. The number of benzene rings is 2. The first kappa shape index (κ1) is 20.6. The number of carbonyl (C=O) groups is 3. The summed E-state index contributed by atoms with van der Waals surface area (Å²) in [5.41, 5.74) is 0.931. The van der Waals surface area contributed by atoms with Crippen LogP contribution in [0.3, 0.4) is 0 Å². The molecule has 0 unspecified atom stereocenters. The number of thioether (sulfide) groups is 1. The number of carbonyl (C=O) groups excluding carboxylic acids is 3. The van der Waals surface area contributed by atoms with Gasteiger partial charge in [0.25, 0.3) is 16.7 Å². The van der Waals surface area contributed by atoms with Crippen molar-refractivity contribution in [2.75, 3.05) is 11.1 Å². The number of hydrogen-bond donors (Lipinski definition) is 2. The smallest absolute Gasteiger partial charge is 0.322 e. The lowest BCUT2D eigenvalue weighted by atomic mass is 10.1. The SMILES string of the molecule is CCn1c(=O)[nH]c2cc(C(=O)Nc3ccc(CN4C(=O)CSC4=O)cc3)ccc2c1=O. The standard InChI is InChI=1S/C21H18N4O5S/c1-2-24-19(28)15-8-5-13(9-16(15)23-20(24)29)18(27)22-14-6-3-12(4-7-14)10-25-17(26)11-31-21(25)30/h3-9H,2,10-11H2,1H3,(H,22,27)(H,23,29). The van der Waals surface area contributed by atoms with Crippen LogP contribution < -0.4 is 16.6 Å². The van der Waals surface area contributed by atoms with Crippen molar-refractivity contribution in [1.82, 2.24) is 14.5 Å². The van der Waals surface area contributed by atoms with E-state index in [0.29, 0.717) is 16.6 Å². The van der Waals surface area contributed by atoms with Crippen LogP contribution in [0.2, 0.25) is 0 Å². The van der Waals surface area contributed by atoms with E-state index in [1.165, 1.54) is 23.1 Å². The second-order valence-electron chi connectivity index (χ2n) is 6.93. The Morgan fingerprint density at radius 3 is 2.48 bits per heavy atom. The van der Waals surface area contributed by atoms with Crippen LogP contribution in [-0.2, 0) is 17.9 Å². The van der Waals surface area contributed by atoms with Crippen molar-refractivity contribution in [2.24, 2.45) is 0 Å². The summed E-state index contributed by atoms with van der Waals surface area (Å²) in [4.78, 5) is 64.2. The highest BCUT2D eigenvalue weighted by molar-refractivity contribution is 8.14. The Morgan fingerprint density at radius 1 is 1.10 bits per heavy atom. The number of aromatic nitrogens is 2. The molecule has 31 heavy (non-hydrogen) atoms. The van der Waals surface area contributed by atoms with E-state index in [1.807, 2.05) is 0 Å². The van der Waals surface area contributed by atoms with Gasteiger partial charge in [0.15, 0.2) is 0 Å². The van der Waals surface area contributed by atoms with Gasteiger partial charge in [-0.05, 0) is 42.8 Å². The highest BCUT2D eigenvalue weighted by atomic mass is 32.2. The van der Waals surface area contributed by atoms with Crippen LogP contribution in [0.4, 0.5) is 10.5 Å². The van der Waals surface area contributed by atoms with E-state index in [0.717, 1.165) is 21.9 Å². The zero-order valence-corrected chi connectivity index (χ0v) is 17.3. The fourth-order valence-corrected chi connectivity index (χ4v) is 4.02. The molecule has 2 aromatic carbocycles. The number of anilines is 1. The largest absolute Gasteiger partial charge is 0.328 e. The van der Waals surface area contributed by atoms with Crippen LogP contribution in [0.25, 0.3) is 10.9 Å². The van der Waals surface area contributed by atoms with Crippen molar-refractivity contribution in [3.05, 3.63) is 74.4 Å². The van der Waals surface area contributed by atoms with E-state index in [9.17, 15) is 24.0 Å². The molecule has 1 aliphatic heterocycles. The number of aromatic amines is 1. The van der Waals surface area contributed by atoms with Crippen molar-refractivity contribution < 1.29 is 14.4 Å². The summed E-state index contributed by atoms with van der Waals surface area (Å²) in [5.74, 6) is -0.458. The molecule has 2 N–H and O–H groups in total. The third-order valence-corrected chi connectivity index (χ3v) is 5.81. The number of amides is 3. The average molecular weight is 438 g/mol. The second-order valence-corrected chi connectivity index (χ2v) is 7.85. The third-order valence-electron chi connectivity index (χ3n) is 4.95. The molecule has 0 bridgehead atoms. The lowest BCUT2D eigenvalue weighted by Crippen LogP contribution is -2.34. The Labute approximate surface area is 180 Å². The molecule has 10 heteroatoms. The van der Waals surface area contributed by atoms with Gasteiger partial charge in [0.05, 0.1) is 23.2 Å². The maximum Gasteiger partial charge on any atom is 0.328 e. The monoisotopic (exact) mass is 438 g/mol. The Hall–Kier alpha value is -3.66. The molecular formula is C21H18N4O5S. The van der Waals surface area contributed by atoms with Crippen molar-refractivity contribution in [3.63, 3.8) is 0 Å². The van der Waals surface area contributed by atoms with Crippen LogP contribution in [-0.4, -0.2) is 37.3 Å². The van der Waals surface area contributed by atoms with Crippen molar-refractivity contribution in [3.8, 4) is 0 Å². The molecule has 3 aromatic rings. The summed E-state index contributed by atoms with van der Waals surface area (Å²) in [6.07, 6.45) is 0. The zero-order chi connectivity index (χ0) is 22.1. The predicted molar refractivity (Wildman–Crippen MR) is 117 cm³/mol. The van der Waals surface area contributed by atoms with Gasteiger partial charge in [-0.3, -0.25) is 28.6 Å². The molecule has 0 saturated carbocycles. The molecule has 1 aromatic heterocycles. The number of imide groups is 1. The van der Waals surface area contributed by atoms with Gasteiger partial charge >= 0.3 is 5.69 Å². The van der Waals surface area contributed by atoms with Crippen LogP contribution in [0, 0.1) is 0 Å². The first-order valence-corrected chi connectivity index (χ1v) is 10.5. The highest BCUT2D eigenvalue weighted by Crippen LogP contribution is 2.22. The van der Waals surface area contributed by atoms with Gasteiger partial charge in [-0.25, -0.2) is 4.79 Å². The van der Waals surface area contributed by atoms with E-state index in [1.54, 1.807) is 31.2 Å². The lowest BCUT2D eigenvalue weighted by Gasteiger charge is -2.13. The molecule has 0 radical (unpaired) electrons. The summed E-state index contributed by atoms with van der Waals surface area (Å²) in [6.45, 7) is 2.14. The van der Waals surface area contributed by atoms with Gasteiger partial charge in [0.1, 0.15) is 0 Å². The topological polar surface area (TPSA) is 121 Å². The van der Waals surface area contributed by atoms with E-state index < -0.39 is 17.2 Å². The fourth-order valence-electron chi connectivity index (χ4n) is 3.30. The van der Waals surface area contributed by atoms with Gasteiger partial charge in [-0.15, -0.1) is 0 Å². The quantitative estimate of drug-likeness (QED) is 0.630. The van der Waals surface area contributed by atoms with E-state index in [-0.39, 0.29) is 35.6 Å². The summed E-state index contributed by atoms with van der Waals surface area (Å²) in [7, 11) is 0. The van der Waals surface area contributed by atoms with Crippen molar-refractivity contribution in [1.29, 1.82) is 0 Å². The zero-order valence-electron chi connectivity index (χ0n) is 16.5. The van der Waals surface area contributed by atoms with E-state index >= 15 is 0 Å². The minimum Gasteiger partial charge on any atom is -0.322 e. The summed E-state index contributed by atoms with van der Waals surface area (Å²) >= 11 is 0.984. The molecule has 0 atom stereocenters. The Kier molecular flexibility index (Phi) is 5.47. The maximum absolute atomic E-state index is 12.6. The molecule has 1 fully saturated rings. The van der Waals surface area contributed by atoms with Gasteiger partial charge < -0.3 is 10.3 Å². The third kappa shape index (κ3) is 4.02. The van der Waals surface area contributed by atoms with Crippen LogP contribution >= 0.6 is 11.8 Å². The summed E-state index contributed by atoms with van der Waals surface area (Å²) in [6, 6.07) is 11.3. The summed E-state index contributed by atoms with van der Waals surface area (Å²) < 4.78 is 1.09. The number of rotatable bonds is 5. The van der Waals surface area contributed by atoms with E-state index in [4.69, 9.17) is 0 Å². The fraction of sp³-hybridized carbons (Fsp3) is 0.190. The van der Waals surface area contributed by atoms with Crippen molar-refractivity contribution >= 4 is 45.4 Å². The minimum absolute atomic E-state index is 0.163. The average Bonchev–Trinajstić information content (AvgIpc) is 3.07.